The van der Waals surface area contributed by atoms with E-state index < -0.39 is 0 Å². The van der Waals surface area contributed by atoms with Gasteiger partial charge in [-0.15, -0.1) is 0 Å². The molecule has 0 aromatic heterocycles. The number of hydrogen-bond donors (Lipinski definition) is 1. The lowest BCUT2D eigenvalue weighted by atomic mass is 10.2. The van der Waals surface area contributed by atoms with E-state index in [1.165, 1.54) is 19.4 Å². The number of para-hydroxylation sites is 1. The molecule has 0 bridgehead atoms. The molecule has 0 unspecified atom stereocenters. The minimum atomic E-state index is -0.334. The quantitative estimate of drug-likeness (QED) is 0.518. The van der Waals surface area contributed by atoms with Gasteiger partial charge < -0.3 is 14.7 Å². The summed E-state index contributed by atoms with van der Waals surface area (Å²) in [6, 6.07) is 11.5. The molecule has 0 radical (unpaired) electrons. The van der Waals surface area contributed by atoms with Gasteiger partial charge in [0, 0.05) is 11.1 Å². The predicted octanol–water partition coefficient (Wildman–Crippen LogP) is 3.22. The zero-order valence-corrected chi connectivity index (χ0v) is 10.9. The third-order valence-corrected chi connectivity index (χ3v) is 2.76. The van der Waals surface area contributed by atoms with Crippen LogP contribution >= 0.6 is 0 Å². The van der Waals surface area contributed by atoms with Crippen molar-refractivity contribution < 1.29 is 19.1 Å². The van der Waals surface area contributed by atoms with Gasteiger partial charge in [-0.25, -0.2) is 4.39 Å². The van der Waals surface area contributed by atoms with Gasteiger partial charge in [0.25, 0.3) is 0 Å². The third-order valence-electron chi connectivity index (χ3n) is 2.76. The number of rotatable bonds is 5. The highest BCUT2D eigenvalue weighted by atomic mass is 19.1. The van der Waals surface area contributed by atoms with Gasteiger partial charge in [-0.05, 0) is 18.2 Å². The normalized spacial score (nSPS) is 10.7. The number of ether oxygens (including phenoxy) is 2. The van der Waals surface area contributed by atoms with Crippen molar-refractivity contribution in [1.82, 2.24) is 0 Å². The summed E-state index contributed by atoms with van der Waals surface area (Å²) in [7, 11) is 1.51. The second-order valence-corrected chi connectivity index (χ2v) is 4.00. The van der Waals surface area contributed by atoms with Gasteiger partial charge in [-0.3, -0.25) is 0 Å². The topological polar surface area (TPSA) is 51.0 Å². The Kier molecular flexibility index (Phi) is 4.55. The average Bonchev–Trinajstić information content (AvgIpc) is 2.47. The molecule has 104 valence electrons. The predicted molar refractivity (Wildman–Crippen MR) is 73.1 cm³/mol. The van der Waals surface area contributed by atoms with E-state index in [9.17, 15) is 4.39 Å². The number of methoxy groups -OCH3 is 1. The van der Waals surface area contributed by atoms with Crippen LogP contribution in [0.5, 0.6) is 11.5 Å². The van der Waals surface area contributed by atoms with Gasteiger partial charge in [0.15, 0.2) is 11.5 Å². The zero-order chi connectivity index (χ0) is 14.4. The molecule has 5 heteroatoms. The summed E-state index contributed by atoms with van der Waals surface area (Å²) in [5.41, 5.74) is 0.980. The van der Waals surface area contributed by atoms with Crippen LogP contribution < -0.4 is 9.47 Å². The van der Waals surface area contributed by atoms with Gasteiger partial charge in [0.05, 0.1) is 13.3 Å². The Balaban J connectivity index is 2.26. The summed E-state index contributed by atoms with van der Waals surface area (Å²) in [6.45, 7) is 0.0549. The van der Waals surface area contributed by atoms with Crippen molar-refractivity contribution in [3.63, 3.8) is 0 Å². The summed E-state index contributed by atoms with van der Waals surface area (Å²) < 4.78 is 24.3. The standard InChI is InChI=1S/C15H14FNO3/c1-19-14-8-4-6-11(9-17-18)15(14)20-10-12-5-2-3-7-13(12)16/h2-9,18H,10H2,1H3. The van der Waals surface area contributed by atoms with E-state index in [-0.39, 0.29) is 12.4 Å². The molecule has 0 aliphatic rings. The van der Waals surface area contributed by atoms with Gasteiger partial charge in [-0.2, -0.15) is 0 Å². The third kappa shape index (κ3) is 3.06. The lowest BCUT2D eigenvalue weighted by molar-refractivity contribution is 0.278. The highest BCUT2D eigenvalue weighted by Crippen LogP contribution is 2.31. The van der Waals surface area contributed by atoms with Crippen molar-refractivity contribution in [2.24, 2.45) is 5.16 Å². The fourth-order valence-corrected chi connectivity index (χ4v) is 1.78. The van der Waals surface area contributed by atoms with Crippen LogP contribution in [0.2, 0.25) is 0 Å². The highest BCUT2D eigenvalue weighted by molar-refractivity contribution is 5.84. The summed E-state index contributed by atoms with van der Waals surface area (Å²) in [4.78, 5) is 0. The Morgan fingerprint density at radius 1 is 1.20 bits per heavy atom. The van der Waals surface area contributed by atoms with Gasteiger partial charge in [0.2, 0.25) is 0 Å². The Hall–Kier alpha value is -2.56. The molecule has 0 amide bonds. The fraction of sp³-hybridized carbons (Fsp3) is 0.133. The van der Waals surface area contributed by atoms with Gasteiger partial charge >= 0.3 is 0 Å². The Morgan fingerprint density at radius 2 is 2.00 bits per heavy atom. The molecule has 2 aromatic carbocycles. The first-order chi connectivity index (χ1) is 9.76. The molecular weight excluding hydrogens is 261 g/mol. The molecule has 0 saturated heterocycles. The maximum absolute atomic E-state index is 13.5. The van der Waals surface area contributed by atoms with Crippen molar-refractivity contribution >= 4 is 6.21 Å². The van der Waals surface area contributed by atoms with Crippen LogP contribution in [0.25, 0.3) is 0 Å². The second kappa shape index (κ2) is 6.56. The molecule has 0 spiro atoms. The van der Waals surface area contributed by atoms with E-state index in [0.29, 0.717) is 22.6 Å². The van der Waals surface area contributed by atoms with Crippen LogP contribution in [0, 0.1) is 5.82 Å². The van der Waals surface area contributed by atoms with E-state index in [1.54, 1.807) is 36.4 Å². The van der Waals surface area contributed by atoms with Crippen LogP contribution in [0.15, 0.2) is 47.6 Å². The molecule has 4 nitrogen and oxygen atoms in total. The highest BCUT2D eigenvalue weighted by Gasteiger charge is 2.10. The molecule has 0 atom stereocenters. The fourth-order valence-electron chi connectivity index (χ4n) is 1.78. The molecule has 2 rings (SSSR count). The van der Waals surface area contributed by atoms with Crippen molar-refractivity contribution in [1.29, 1.82) is 0 Å². The van der Waals surface area contributed by atoms with Crippen molar-refractivity contribution in [2.75, 3.05) is 7.11 Å². The van der Waals surface area contributed by atoms with E-state index in [1.807, 2.05) is 0 Å². The molecule has 1 N–H and O–H groups in total. The second-order valence-electron chi connectivity index (χ2n) is 4.00. The van der Waals surface area contributed by atoms with E-state index in [2.05, 4.69) is 5.16 Å². The summed E-state index contributed by atoms with van der Waals surface area (Å²) in [5.74, 6) is 0.551. The minimum absolute atomic E-state index is 0.0549. The lowest BCUT2D eigenvalue weighted by Gasteiger charge is -2.13. The Bertz CT molecular complexity index is 614. The number of benzene rings is 2. The summed E-state index contributed by atoms with van der Waals surface area (Å²) in [5, 5.41) is 11.6. The van der Waals surface area contributed by atoms with Gasteiger partial charge in [0.1, 0.15) is 12.4 Å². The van der Waals surface area contributed by atoms with E-state index in [0.717, 1.165) is 0 Å². The largest absolute Gasteiger partial charge is 0.493 e. The molecule has 2 aromatic rings. The Morgan fingerprint density at radius 3 is 2.70 bits per heavy atom. The van der Waals surface area contributed by atoms with Crippen LogP contribution in [0.3, 0.4) is 0 Å². The smallest absolute Gasteiger partial charge is 0.170 e. The molecule has 20 heavy (non-hydrogen) atoms. The van der Waals surface area contributed by atoms with Crippen molar-refractivity contribution in [3.05, 3.63) is 59.4 Å². The average molecular weight is 275 g/mol. The number of nitrogens with zero attached hydrogens (tertiary/aromatic N) is 1. The minimum Gasteiger partial charge on any atom is -0.493 e. The van der Waals surface area contributed by atoms with Crippen LogP contribution in [0.4, 0.5) is 4.39 Å². The summed E-state index contributed by atoms with van der Waals surface area (Å²) in [6.07, 6.45) is 1.24. The Labute approximate surface area is 116 Å². The molecule has 0 heterocycles. The van der Waals surface area contributed by atoms with Gasteiger partial charge in [-0.1, -0.05) is 29.4 Å². The molecule has 0 saturated carbocycles. The van der Waals surface area contributed by atoms with Crippen molar-refractivity contribution in [2.45, 2.75) is 6.61 Å². The first kappa shape index (κ1) is 13.9. The molecule has 0 aliphatic carbocycles. The monoisotopic (exact) mass is 275 g/mol. The van der Waals surface area contributed by atoms with Crippen LogP contribution in [0.1, 0.15) is 11.1 Å². The number of halogens is 1. The molecular formula is C15H14FNO3. The first-order valence-electron chi connectivity index (χ1n) is 5.97. The van der Waals surface area contributed by atoms with E-state index >= 15 is 0 Å². The van der Waals surface area contributed by atoms with Crippen LogP contribution in [-0.2, 0) is 6.61 Å². The number of oxime groups is 1. The maximum atomic E-state index is 13.5. The number of hydrogen-bond acceptors (Lipinski definition) is 4. The van der Waals surface area contributed by atoms with Crippen LogP contribution in [-0.4, -0.2) is 18.5 Å². The summed E-state index contributed by atoms with van der Waals surface area (Å²) >= 11 is 0. The zero-order valence-electron chi connectivity index (χ0n) is 10.9. The first-order valence-corrected chi connectivity index (χ1v) is 5.97. The van der Waals surface area contributed by atoms with Crippen molar-refractivity contribution in [3.8, 4) is 11.5 Å². The maximum Gasteiger partial charge on any atom is 0.170 e. The SMILES string of the molecule is COc1cccc(C=NO)c1OCc1ccccc1F. The van der Waals surface area contributed by atoms with E-state index in [4.69, 9.17) is 14.7 Å². The molecule has 0 fully saturated rings. The molecule has 0 aliphatic heterocycles. The lowest BCUT2D eigenvalue weighted by Crippen LogP contribution is -2.02.